The van der Waals surface area contributed by atoms with Gasteiger partial charge in [-0.3, -0.25) is 4.98 Å². The lowest BCUT2D eigenvalue weighted by molar-refractivity contribution is 0.0471. The van der Waals surface area contributed by atoms with Crippen molar-refractivity contribution in [2.45, 2.75) is 25.9 Å². The zero-order chi connectivity index (χ0) is 9.26. The Labute approximate surface area is 76.7 Å². The minimum absolute atomic E-state index is 0.160. The van der Waals surface area contributed by atoms with Crippen molar-refractivity contribution in [1.29, 1.82) is 0 Å². The number of aryl methyl sites for hydroxylation is 1. The summed E-state index contributed by atoms with van der Waals surface area (Å²) < 4.78 is 5.12. The second-order valence-corrected chi connectivity index (χ2v) is 3.36. The van der Waals surface area contributed by atoms with Gasteiger partial charge in [-0.1, -0.05) is 0 Å². The maximum atomic E-state index is 11.4. The number of carbonyl (C=O) groups is 1. The average Bonchev–Trinajstić information content (AvgIpc) is 2.88. The lowest BCUT2D eigenvalue weighted by atomic mass is 10.2. The molecule has 0 saturated heterocycles. The first-order valence-electron chi connectivity index (χ1n) is 4.38. The van der Waals surface area contributed by atoms with Crippen LogP contribution in [0.15, 0.2) is 18.5 Å². The van der Waals surface area contributed by atoms with Crippen LogP contribution in [0.2, 0.25) is 0 Å². The van der Waals surface area contributed by atoms with Crippen molar-refractivity contribution >= 4 is 5.97 Å². The van der Waals surface area contributed by atoms with Gasteiger partial charge in [-0.05, 0) is 31.4 Å². The van der Waals surface area contributed by atoms with E-state index in [0.717, 1.165) is 18.4 Å². The second kappa shape index (κ2) is 3.17. The van der Waals surface area contributed by atoms with Crippen molar-refractivity contribution in [2.75, 3.05) is 0 Å². The maximum Gasteiger partial charge on any atom is 0.339 e. The van der Waals surface area contributed by atoms with E-state index in [-0.39, 0.29) is 12.1 Å². The fourth-order valence-electron chi connectivity index (χ4n) is 1.07. The van der Waals surface area contributed by atoms with Crippen molar-refractivity contribution in [3.05, 3.63) is 29.6 Å². The first kappa shape index (κ1) is 8.23. The molecule has 13 heavy (non-hydrogen) atoms. The molecule has 0 aliphatic heterocycles. The quantitative estimate of drug-likeness (QED) is 0.645. The summed E-state index contributed by atoms with van der Waals surface area (Å²) in [4.78, 5) is 15.3. The second-order valence-electron chi connectivity index (χ2n) is 3.36. The molecular formula is C10H11NO2. The van der Waals surface area contributed by atoms with Gasteiger partial charge in [0, 0.05) is 12.4 Å². The van der Waals surface area contributed by atoms with Gasteiger partial charge in [0.05, 0.1) is 5.56 Å². The molecule has 3 nitrogen and oxygen atoms in total. The zero-order valence-electron chi connectivity index (χ0n) is 7.49. The Kier molecular flexibility index (Phi) is 2.00. The number of hydrogen-bond acceptors (Lipinski definition) is 3. The van der Waals surface area contributed by atoms with Crippen molar-refractivity contribution < 1.29 is 9.53 Å². The molecule has 0 N–H and O–H groups in total. The molecule has 1 aromatic rings. The molecular weight excluding hydrogens is 166 g/mol. The van der Waals surface area contributed by atoms with Crippen LogP contribution in [0.25, 0.3) is 0 Å². The number of hydrogen-bond donors (Lipinski definition) is 0. The largest absolute Gasteiger partial charge is 0.459 e. The molecule has 0 aromatic carbocycles. The number of aromatic nitrogens is 1. The first-order valence-corrected chi connectivity index (χ1v) is 4.38. The van der Waals surface area contributed by atoms with Gasteiger partial charge >= 0.3 is 5.97 Å². The van der Waals surface area contributed by atoms with E-state index in [9.17, 15) is 4.79 Å². The van der Waals surface area contributed by atoms with Crippen LogP contribution in [-0.4, -0.2) is 17.1 Å². The van der Waals surface area contributed by atoms with Crippen LogP contribution in [0.3, 0.4) is 0 Å². The monoisotopic (exact) mass is 177 g/mol. The SMILES string of the molecule is Cc1cncc(C(=O)OC2CC2)c1. The molecule has 2 rings (SSSR count). The molecule has 0 amide bonds. The molecule has 1 aliphatic carbocycles. The minimum atomic E-state index is -0.251. The predicted molar refractivity (Wildman–Crippen MR) is 47.4 cm³/mol. The van der Waals surface area contributed by atoms with Crippen molar-refractivity contribution in [2.24, 2.45) is 0 Å². The number of esters is 1. The Morgan fingerprint density at radius 3 is 2.92 bits per heavy atom. The molecule has 0 radical (unpaired) electrons. The average molecular weight is 177 g/mol. The summed E-state index contributed by atoms with van der Waals surface area (Å²) in [5.74, 6) is -0.251. The molecule has 1 heterocycles. The summed E-state index contributed by atoms with van der Waals surface area (Å²) >= 11 is 0. The smallest absolute Gasteiger partial charge is 0.339 e. The molecule has 68 valence electrons. The molecule has 1 aliphatic rings. The van der Waals surface area contributed by atoms with Crippen LogP contribution in [0.4, 0.5) is 0 Å². The number of rotatable bonds is 2. The topological polar surface area (TPSA) is 39.2 Å². The van der Waals surface area contributed by atoms with Gasteiger partial charge in [0.15, 0.2) is 0 Å². The van der Waals surface area contributed by atoms with Gasteiger partial charge in [0.2, 0.25) is 0 Å². The molecule has 0 unspecified atom stereocenters. The Balaban J connectivity index is 2.09. The van der Waals surface area contributed by atoms with E-state index in [1.54, 1.807) is 12.3 Å². The predicted octanol–water partition coefficient (Wildman–Crippen LogP) is 1.71. The summed E-state index contributed by atoms with van der Waals surface area (Å²) in [5.41, 5.74) is 1.53. The van der Waals surface area contributed by atoms with E-state index in [2.05, 4.69) is 4.98 Å². The standard InChI is InChI=1S/C10H11NO2/c1-7-4-8(6-11-5-7)10(12)13-9-2-3-9/h4-6,9H,2-3H2,1H3. The highest BCUT2D eigenvalue weighted by Crippen LogP contribution is 2.24. The highest BCUT2D eigenvalue weighted by molar-refractivity contribution is 5.89. The van der Waals surface area contributed by atoms with Gasteiger partial charge in [-0.15, -0.1) is 0 Å². The van der Waals surface area contributed by atoms with Crippen LogP contribution in [0, 0.1) is 6.92 Å². The van der Waals surface area contributed by atoms with E-state index in [1.807, 2.05) is 6.92 Å². The lowest BCUT2D eigenvalue weighted by Crippen LogP contribution is -2.07. The third kappa shape index (κ3) is 2.05. The van der Waals surface area contributed by atoms with E-state index < -0.39 is 0 Å². The summed E-state index contributed by atoms with van der Waals surface area (Å²) in [5, 5.41) is 0. The van der Waals surface area contributed by atoms with E-state index in [1.165, 1.54) is 6.20 Å². The van der Waals surface area contributed by atoms with E-state index >= 15 is 0 Å². The third-order valence-electron chi connectivity index (χ3n) is 1.91. The summed E-state index contributed by atoms with van der Waals surface area (Å²) in [6.45, 7) is 1.90. The maximum absolute atomic E-state index is 11.4. The Morgan fingerprint density at radius 1 is 1.54 bits per heavy atom. The van der Waals surface area contributed by atoms with Crippen LogP contribution < -0.4 is 0 Å². The summed E-state index contributed by atoms with van der Waals surface area (Å²) in [7, 11) is 0. The molecule has 3 heteroatoms. The highest BCUT2D eigenvalue weighted by Gasteiger charge is 2.26. The van der Waals surface area contributed by atoms with Gasteiger partial charge in [-0.25, -0.2) is 4.79 Å². The van der Waals surface area contributed by atoms with Gasteiger partial charge in [-0.2, -0.15) is 0 Å². The summed E-state index contributed by atoms with van der Waals surface area (Å²) in [6, 6.07) is 1.79. The summed E-state index contributed by atoms with van der Waals surface area (Å²) in [6.07, 6.45) is 5.43. The van der Waals surface area contributed by atoms with Crippen LogP contribution >= 0.6 is 0 Å². The fourth-order valence-corrected chi connectivity index (χ4v) is 1.07. The number of nitrogens with zero attached hydrogens (tertiary/aromatic N) is 1. The molecule has 0 bridgehead atoms. The van der Waals surface area contributed by atoms with Crippen LogP contribution in [0.1, 0.15) is 28.8 Å². The minimum Gasteiger partial charge on any atom is -0.459 e. The normalized spacial score (nSPS) is 15.5. The number of ether oxygens (including phenoxy) is 1. The lowest BCUT2D eigenvalue weighted by Gasteiger charge is -2.02. The Hall–Kier alpha value is -1.38. The van der Waals surface area contributed by atoms with Gasteiger partial charge < -0.3 is 4.74 Å². The fraction of sp³-hybridized carbons (Fsp3) is 0.400. The molecule has 1 fully saturated rings. The zero-order valence-corrected chi connectivity index (χ0v) is 7.49. The Bertz CT molecular complexity index is 331. The van der Waals surface area contributed by atoms with Crippen molar-refractivity contribution in [3.63, 3.8) is 0 Å². The van der Waals surface area contributed by atoms with E-state index in [4.69, 9.17) is 4.74 Å². The van der Waals surface area contributed by atoms with Crippen LogP contribution in [0.5, 0.6) is 0 Å². The molecule has 1 aromatic heterocycles. The van der Waals surface area contributed by atoms with Crippen molar-refractivity contribution in [1.82, 2.24) is 4.98 Å². The number of carbonyl (C=O) groups excluding carboxylic acids is 1. The van der Waals surface area contributed by atoms with E-state index in [0.29, 0.717) is 5.56 Å². The molecule has 1 saturated carbocycles. The Morgan fingerprint density at radius 2 is 2.31 bits per heavy atom. The number of pyridine rings is 1. The first-order chi connectivity index (χ1) is 6.25. The van der Waals surface area contributed by atoms with Crippen molar-refractivity contribution in [3.8, 4) is 0 Å². The highest BCUT2D eigenvalue weighted by atomic mass is 16.5. The molecule has 0 atom stereocenters. The van der Waals surface area contributed by atoms with Crippen LogP contribution in [-0.2, 0) is 4.74 Å². The third-order valence-corrected chi connectivity index (χ3v) is 1.91. The van der Waals surface area contributed by atoms with Gasteiger partial charge in [0.1, 0.15) is 6.10 Å². The van der Waals surface area contributed by atoms with Gasteiger partial charge in [0.25, 0.3) is 0 Å². The molecule has 0 spiro atoms.